The number of aromatic carboxylic acids is 1. The number of amides is 2. The van der Waals surface area contributed by atoms with Crippen LogP contribution in [-0.4, -0.2) is 17.1 Å². The molecule has 0 bridgehead atoms. The number of hydrogen-bond donors (Lipinski definition) is 3. The Morgan fingerprint density at radius 2 is 1.70 bits per heavy atom. The maximum absolute atomic E-state index is 12.0. The van der Waals surface area contributed by atoms with E-state index in [-0.39, 0.29) is 16.9 Å². The number of furan rings is 1. The van der Waals surface area contributed by atoms with Gasteiger partial charge in [0, 0.05) is 17.2 Å². The van der Waals surface area contributed by atoms with E-state index in [0.29, 0.717) is 11.4 Å². The fourth-order valence-corrected chi connectivity index (χ4v) is 1.93. The summed E-state index contributed by atoms with van der Waals surface area (Å²) >= 11 is 0. The fourth-order valence-electron chi connectivity index (χ4n) is 1.93. The molecule has 0 radical (unpaired) electrons. The van der Waals surface area contributed by atoms with Crippen molar-refractivity contribution in [3.8, 4) is 0 Å². The van der Waals surface area contributed by atoms with E-state index in [1.165, 1.54) is 6.07 Å². The minimum Gasteiger partial charge on any atom is -0.475 e. The third-order valence-corrected chi connectivity index (χ3v) is 3.22. The zero-order valence-corrected chi connectivity index (χ0v) is 13.6. The van der Waals surface area contributed by atoms with Gasteiger partial charge in [-0.05, 0) is 19.1 Å². The third-order valence-electron chi connectivity index (χ3n) is 3.22. The van der Waals surface area contributed by atoms with E-state index in [4.69, 9.17) is 4.42 Å². The number of carboxylic acids is 1. The minimum atomic E-state index is -1.23. The summed E-state index contributed by atoms with van der Waals surface area (Å²) in [5.74, 6) is -1.03. The molecule has 0 fully saturated rings. The van der Waals surface area contributed by atoms with Crippen molar-refractivity contribution in [3.05, 3.63) is 47.4 Å². The number of carbonyl (C=O) groups is 2. The van der Waals surface area contributed by atoms with Crippen LogP contribution < -0.4 is 10.6 Å². The summed E-state index contributed by atoms with van der Waals surface area (Å²) in [6, 6.07) is 8.28. The van der Waals surface area contributed by atoms with E-state index in [9.17, 15) is 14.7 Å². The van der Waals surface area contributed by atoms with Gasteiger partial charge in [-0.1, -0.05) is 38.5 Å². The number of urea groups is 1. The van der Waals surface area contributed by atoms with Gasteiger partial charge in [-0.15, -0.1) is 0 Å². The molecule has 1 heterocycles. The lowest BCUT2D eigenvalue weighted by atomic mass is 9.93. The average molecular weight is 316 g/mol. The highest BCUT2D eigenvalue weighted by Crippen LogP contribution is 2.30. The van der Waals surface area contributed by atoms with E-state index >= 15 is 0 Å². The van der Waals surface area contributed by atoms with Crippen LogP contribution in [0.2, 0.25) is 0 Å². The van der Waals surface area contributed by atoms with E-state index in [1.807, 2.05) is 39.8 Å². The van der Waals surface area contributed by atoms with Gasteiger partial charge in [0.25, 0.3) is 0 Å². The molecule has 2 aromatic rings. The second-order valence-electron chi connectivity index (χ2n) is 6.35. The number of benzene rings is 1. The molecule has 2 rings (SSSR count). The molecule has 0 saturated carbocycles. The lowest BCUT2D eigenvalue weighted by Gasteiger charge is -2.13. The van der Waals surface area contributed by atoms with Gasteiger partial charge in [0.1, 0.15) is 5.76 Å². The quantitative estimate of drug-likeness (QED) is 0.790. The summed E-state index contributed by atoms with van der Waals surface area (Å²) in [4.78, 5) is 23.3. The van der Waals surface area contributed by atoms with Crippen LogP contribution in [0.5, 0.6) is 0 Å². The Hall–Kier alpha value is -2.76. The van der Waals surface area contributed by atoms with Crippen LogP contribution in [0.3, 0.4) is 0 Å². The van der Waals surface area contributed by atoms with Crippen molar-refractivity contribution < 1.29 is 19.1 Å². The van der Waals surface area contributed by atoms with Crippen molar-refractivity contribution in [2.24, 2.45) is 0 Å². The van der Waals surface area contributed by atoms with Crippen LogP contribution in [0.4, 0.5) is 16.2 Å². The van der Waals surface area contributed by atoms with E-state index in [0.717, 1.165) is 5.56 Å². The number of nitrogens with one attached hydrogen (secondary N) is 2. The maximum atomic E-state index is 12.0. The van der Waals surface area contributed by atoms with Gasteiger partial charge in [0.2, 0.25) is 5.76 Å². The van der Waals surface area contributed by atoms with Gasteiger partial charge in [0.05, 0.1) is 5.69 Å². The highest BCUT2D eigenvalue weighted by Gasteiger charge is 2.25. The molecule has 23 heavy (non-hydrogen) atoms. The predicted octanol–water partition coefficient (Wildman–Crippen LogP) is 4.23. The molecule has 0 atom stereocenters. The van der Waals surface area contributed by atoms with Crippen LogP contribution in [0.25, 0.3) is 0 Å². The number of aryl methyl sites for hydroxylation is 1. The third kappa shape index (κ3) is 4.12. The van der Waals surface area contributed by atoms with Crippen LogP contribution in [0.1, 0.15) is 42.6 Å². The van der Waals surface area contributed by atoms with Crippen molar-refractivity contribution in [1.82, 2.24) is 0 Å². The Balaban J connectivity index is 2.18. The Labute approximate surface area is 134 Å². The Morgan fingerprint density at radius 3 is 2.22 bits per heavy atom. The molecular weight excluding hydrogens is 296 g/mol. The maximum Gasteiger partial charge on any atom is 0.374 e. The number of rotatable bonds is 3. The number of carboxylic acid groups (broad SMARTS) is 1. The Kier molecular flexibility index (Phi) is 4.45. The molecule has 6 heteroatoms. The summed E-state index contributed by atoms with van der Waals surface area (Å²) in [6.45, 7) is 7.64. The molecular formula is C17H20N2O4. The summed E-state index contributed by atoms with van der Waals surface area (Å²) in [7, 11) is 0. The first kappa shape index (κ1) is 16.6. The molecule has 0 unspecified atom stereocenters. The molecule has 6 nitrogen and oxygen atoms in total. The summed E-state index contributed by atoms with van der Waals surface area (Å²) in [5.41, 5.74) is 1.46. The second-order valence-corrected chi connectivity index (χ2v) is 6.35. The first-order valence-corrected chi connectivity index (χ1v) is 7.19. The van der Waals surface area contributed by atoms with Crippen LogP contribution in [0, 0.1) is 6.92 Å². The molecule has 122 valence electrons. The SMILES string of the molecule is Cc1ccc(NC(=O)Nc2cc(C(C)(C)C)oc2C(=O)O)cc1. The molecule has 3 N–H and O–H groups in total. The average Bonchev–Trinajstić information content (AvgIpc) is 2.85. The Bertz CT molecular complexity index is 724. The first-order valence-electron chi connectivity index (χ1n) is 7.19. The van der Waals surface area contributed by atoms with Crippen molar-refractivity contribution >= 4 is 23.4 Å². The first-order chi connectivity index (χ1) is 10.7. The molecule has 0 aliphatic carbocycles. The van der Waals surface area contributed by atoms with Crippen LogP contribution >= 0.6 is 0 Å². The van der Waals surface area contributed by atoms with Crippen LogP contribution in [-0.2, 0) is 5.41 Å². The van der Waals surface area contributed by atoms with Crippen molar-refractivity contribution in [2.45, 2.75) is 33.1 Å². The van der Waals surface area contributed by atoms with Crippen molar-refractivity contribution in [3.63, 3.8) is 0 Å². The van der Waals surface area contributed by atoms with Gasteiger partial charge in [-0.25, -0.2) is 9.59 Å². The second kappa shape index (κ2) is 6.16. The highest BCUT2D eigenvalue weighted by atomic mass is 16.4. The molecule has 2 amide bonds. The zero-order chi connectivity index (χ0) is 17.2. The van der Waals surface area contributed by atoms with Gasteiger partial charge in [0.15, 0.2) is 0 Å². The van der Waals surface area contributed by atoms with Gasteiger partial charge in [-0.2, -0.15) is 0 Å². The predicted molar refractivity (Wildman–Crippen MR) is 88.2 cm³/mol. The number of carbonyl (C=O) groups excluding carboxylic acids is 1. The normalized spacial score (nSPS) is 11.1. The molecule has 0 saturated heterocycles. The standard InChI is InChI=1S/C17H20N2O4/c1-10-5-7-11(8-6-10)18-16(22)19-12-9-13(17(2,3)4)23-14(12)15(20)21/h5-9H,1-4H3,(H,20,21)(H2,18,19,22). The van der Waals surface area contributed by atoms with Crippen LogP contribution in [0.15, 0.2) is 34.7 Å². The van der Waals surface area contributed by atoms with Gasteiger partial charge >= 0.3 is 12.0 Å². The lowest BCUT2D eigenvalue weighted by Crippen LogP contribution is -2.20. The zero-order valence-electron chi connectivity index (χ0n) is 13.6. The number of hydrogen-bond acceptors (Lipinski definition) is 3. The molecule has 0 spiro atoms. The van der Waals surface area contributed by atoms with Crippen molar-refractivity contribution in [2.75, 3.05) is 10.6 Å². The summed E-state index contributed by atoms with van der Waals surface area (Å²) < 4.78 is 5.37. The number of anilines is 2. The smallest absolute Gasteiger partial charge is 0.374 e. The minimum absolute atomic E-state index is 0.132. The molecule has 0 aliphatic rings. The monoisotopic (exact) mass is 316 g/mol. The topological polar surface area (TPSA) is 91.6 Å². The van der Waals surface area contributed by atoms with E-state index in [2.05, 4.69) is 10.6 Å². The van der Waals surface area contributed by atoms with E-state index in [1.54, 1.807) is 12.1 Å². The van der Waals surface area contributed by atoms with Gasteiger partial charge < -0.3 is 20.2 Å². The molecule has 0 aliphatic heterocycles. The summed E-state index contributed by atoms with van der Waals surface area (Å²) in [5, 5.41) is 14.4. The van der Waals surface area contributed by atoms with E-state index < -0.39 is 12.0 Å². The molecule has 1 aromatic heterocycles. The highest BCUT2D eigenvalue weighted by molar-refractivity contribution is 6.03. The largest absolute Gasteiger partial charge is 0.475 e. The molecule has 1 aromatic carbocycles. The summed E-state index contributed by atoms with van der Waals surface area (Å²) in [6.07, 6.45) is 0. The fraction of sp³-hybridized carbons (Fsp3) is 0.294. The van der Waals surface area contributed by atoms with Gasteiger partial charge in [-0.3, -0.25) is 0 Å². The lowest BCUT2D eigenvalue weighted by molar-refractivity contribution is 0.0660. The Morgan fingerprint density at radius 1 is 1.09 bits per heavy atom. The van der Waals surface area contributed by atoms with Crippen molar-refractivity contribution in [1.29, 1.82) is 0 Å².